The highest BCUT2D eigenvalue weighted by molar-refractivity contribution is 7.17. The molecule has 0 spiro atoms. The molecule has 4 heteroatoms. The van der Waals surface area contributed by atoms with Crippen molar-refractivity contribution in [1.82, 2.24) is 0 Å². The second-order valence-corrected chi connectivity index (χ2v) is 6.06. The molecule has 1 aromatic heterocycles. The van der Waals surface area contributed by atoms with Gasteiger partial charge in [0.1, 0.15) is 5.82 Å². The SMILES string of the molecule is NC(Cc1ccc(F)c(Cl)c1)c1csc2ccccc12. The van der Waals surface area contributed by atoms with Crippen LogP contribution in [0.4, 0.5) is 4.39 Å². The summed E-state index contributed by atoms with van der Waals surface area (Å²) in [6.07, 6.45) is 0.640. The summed E-state index contributed by atoms with van der Waals surface area (Å²) in [4.78, 5) is 0. The van der Waals surface area contributed by atoms with Crippen molar-refractivity contribution in [2.24, 2.45) is 5.73 Å². The molecule has 1 nitrogen and oxygen atoms in total. The van der Waals surface area contributed by atoms with Gasteiger partial charge in [0.15, 0.2) is 0 Å². The molecule has 20 heavy (non-hydrogen) atoms. The van der Waals surface area contributed by atoms with E-state index in [1.807, 2.05) is 12.1 Å². The molecule has 2 N–H and O–H groups in total. The fourth-order valence-electron chi connectivity index (χ4n) is 2.32. The van der Waals surface area contributed by atoms with Gasteiger partial charge < -0.3 is 5.73 Å². The Morgan fingerprint density at radius 1 is 1.20 bits per heavy atom. The molecular weight excluding hydrogens is 293 g/mol. The number of benzene rings is 2. The van der Waals surface area contributed by atoms with Gasteiger partial charge in [0.25, 0.3) is 0 Å². The van der Waals surface area contributed by atoms with Crippen molar-refractivity contribution in [2.75, 3.05) is 0 Å². The zero-order chi connectivity index (χ0) is 14.1. The van der Waals surface area contributed by atoms with Gasteiger partial charge in [-0.05, 0) is 46.5 Å². The monoisotopic (exact) mass is 305 g/mol. The van der Waals surface area contributed by atoms with Gasteiger partial charge in [0, 0.05) is 10.7 Å². The second kappa shape index (κ2) is 5.52. The summed E-state index contributed by atoms with van der Waals surface area (Å²) >= 11 is 7.50. The van der Waals surface area contributed by atoms with E-state index in [2.05, 4.69) is 17.5 Å². The first-order valence-corrected chi connectivity index (χ1v) is 7.56. The van der Waals surface area contributed by atoms with Crippen LogP contribution in [-0.2, 0) is 6.42 Å². The molecule has 0 radical (unpaired) electrons. The summed E-state index contributed by atoms with van der Waals surface area (Å²) in [5, 5.41) is 3.43. The minimum Gasteiger partial charge on any atom is -0.324 e. The van der Waals surface area contributed by atoms with Crippen molar-refractivity contribution in [1.29, 1.82) is 0 Å². The standard InChI is InChI=1S/C16H13ClFNS/c17-13-7-10(5-6-14(13)18)8-15(19)12-9-20-16-4-2-1-3-11(12)16/h1-7,9,15H,8,19H2. The maximum absolute atomic E-state index is 13.2. The van der Waals surface area contributed by atoms with Crippen molar-refractivity contribution in [3.8, 4) is 0 Å². The van der Waals surface area contributed by atoms with Crippen LogP contribution in [0.3, 0.4) is 0 Å². The number of hydrogen-bond donors (Lipinski definition) is 1. The molecule has 3 aromatic rings. The fraction of sp³-hybridized carbons (Fsp3) is 0.125. The third-order valence-electron chi connectivity index (χ3n) is 3.35. The van der Waals surface area contributed by atoms with Crippen molar-refractivity contribution in [3.63, 3.8) is 0 Å². The third kappa shape index (κ3) is 2.57. The van der Waals surface area contributed by atoms with E-state index in [0.29, 0.717) is 6.42 Å². The molecule has 2 aromatic carbocycles. The highest BCUT2D eigenvalue weighted by Gasteiger charge is 2.13. The molecule has 0 aliphatic rings. The number of thiophene rings is 1. The first-order valence-electron chi connectivity index (χ1n) is 6.31. The first-order chi connectivity index (χ1) is 9.65. The van der Waals surface area contributed by atoms with Gasteiger partial charge in [0.2, 0.25) is 0 Å². The van der Waals surface area contributed by atoms with Crippen LogP contribution in [0, 0.1) is 5.82 Å². The van der Waals surface area contributed by atoms with Crippen molar-refractivity contribution in [3.05, 3.63) is 69.8 Å². The summed E-state index contributed by atoms with van der Waals surface area (Å²) in [7, 11) is 0. The summed E-state index contributed by atoms with van der Waals surface area (Å²) in [5.74, 6) is -0.398. The van der Waals surface area contributed by atoms with E-state index in [1.165, 1.54) is 16.2 Å². The maximum Gasteiger partial charge on any atom is 0.141 e. The van der Waals surface area contributed by atoms with Gasteiger partial charge in [-0.3, -0.25) is 0 Å². The minimum atomic E-state index is -0.398. The normalized spacial score (nSPS) is 12.8. The minimum absolute atomic E-state index is 0.118. The van der Waals surface area contributed by atoms with Crippen molar-refractivity contribution >= 4 is 33.0 Å². The smallest absolute Gasteiger partial charge is 0.141 e. The molecule has 0 saturated carbocycles. The van der Waals surface area contributed by atoms with Crippen LogP contribution < -0.4 is 5.73 Å². The predicted octanol–water partition coefficient (Wildman–Crippen LogP) is 4.94. The molecular formula is C16H13ClFNS. The Hall–Kier alpha value is -1.42. The summed E-state index contributed by atoms with van der Waals surface area (Å²) < 4.78 is 14.4. The molecule has 0 aliphatic carbocycles. The number of halogens is 2. The first kappa shape index (κ1) is 13.6. The van der Waals surface area contributed by atoms with E-state index in [0.717, 1.165) is 11.1 Å². The number of fused-ring (bicyclic) bond motifs is 1. The van der Waals surface area contributed by atoms with Crippen LogP contribution in [0.15, 0.2) is 47.8 Å². The Morgan fingerprint density at radius 3 is 2.80 bits per heavy atom. The lowest BCUT2D eigenvalue weighted by Crippen LogP contribution is -2.12. The summed E-state index contributed by atoms with van der Waals surface area (Å²) in [5.41, 5.74) is 8.37. The van der Waals surface area contributed by atoms with Crippen LogP contribution in [0.2, 0.25) is 5.02 Å². The number of rotatable bonds is 3. The molecule has 0 fully saturated rings. The zero-order valence-electron chi connectivity index (χ0n) is 10.6. The van der Waals surface area contributed by atoms with Gasteiger partial charge in [-0.15, -0.1) is 11.3 Å². The lowest BCUT2D eigenvalue weighted by atomic mass is 9.99. The third-order valence-corrected chi connectivity index (χ3v) is 4.62. The molecule has 1 unspecified atom stereocenters. The highest BCUT2D eigenvalue weighted by Crippen LogP contribution is 2.31. The number of hydrogen-bond acceptors (Lipinski definition) is 2. The van der Waals surface area contributed by atoms with Crippen molar-refractivity contribution < 1.29 is 4.39 Å². The van der Waals surface area contributed by atoms with Gasteiger partial charge >= 0.3 is 0 Å². The van der Waals surface area contributed by atoms with E-state index in [9.17, 15) is 4.39 Å². The largest absolute Gasteiger partial charge is 0.324 e. The average molecular weight is 306 g/mol. The zero-order valence-corrected chi connectivity index (χ0v) is 12.2. The maximum atomic E-state index is 13.2. The molecule has 0 aliphatic heterocycles. The predicted molar refractivity (Wildman–Crippen MR) is 83.9 cm³/mol. The Kier molecular flexibility index (Phi) is 3.74. The lowest BCUT2D eigenvalue weighted by molar-refractivity contribution is 0.626. The van der Waals surface area contributed by atoms with E-state index in [1.54, 1.807) is 23.5 Å². The van der Waals surface area contributed by atoms with Crippen LogP contribution in [-0.4, -0.2) is 0 Å². The fourth-order valence-corrected chi connectivity index (χ4v) is 3.54. The quantitative estimate of drug-likeness (QED) is 0.729. The highest BCUT2D eigenvalue weighted by atomic mass is 35.5. The van der Waals surface area contributed by atoms with E-state index in [4.69, 9.17) is 17.3 Å². The van der Waals surface area contributed by atoms with Crippen LogP contribution in [0.1, 0.15) is 17.2 Å². The molecule has 0 saturated heterocycles. The molecule has 1 atom stereocenters. The topological polar surface area (TPSA) is 26.0 Å². The van der Waals surface area contributed by atoms with Crippen molar-refractivity contribution in [2.45, 2.75) is 12.5 Å². The Balaban J connectivity index is 1.89. The Morgan fingerprint density at radius 2 is 2.00 bits per heavy atom. The van der Waals surface area contributed by atoms with Gasteiger partial charge in [-0.25, -0.2) is 4.39 Å². The van der Waals surface area contributed by atoms with Gasteiger partial charge in [0.05, 0.1) is 5.02 Å². The van der Waals surface area contributed by atoms with E-state index in [-0.39, 0.29) is 11.1 Å². The molecule has 1 heterocycles. The molecule has 0 bridgehead atoms. The van der Waals surface area contributed by atoms with Crippen LogP contribution >= 0.6 is 22.9 Å². The van der Waals surface area contributed by atoms with Gasteiger partial charge in [-0.1, -0.05) is 35.9 Å². The lowest BCUT2D eigenvalue weighted by Gasteiger charge is -2.11. The molecule has 3 rings (SSSR count). The second-order valence-electron chi connectivity index (χ2n) is 4.75. The summed E-state index contributed by atoms with van der Waals surface area (Å²) in [6.45, 7) is 0. The number of nitrogens with two attached hydrogens (primary N) is 1. The van der Waals surface area contributed by atoms with E-state index >= 15 is 0 Å². The van der Waals surface area contributed by atoms with Gasteiger partial charge in [-0.2, -0.15) is 0 Å². The van der Waals surface area contributed by atoms with Crippen LogP contribution in [0.25, 0.3) is 10.1 Å². The van der Waals surface area contributed by atoms with Crippen LogP contribution in [0.5, 0.6) is 0 Å². The van der Waals surface area contributed by atoms with E-state index < -0.39 is 5.82 Å². The Bertz CT molecular complexity index is 753. The molecule has 102 valence electrons. The Labute approximate surface area is 125 Å². The average Bonchev–Trinajstić information content (AvgIpc) is 2.87. The summed E-state index contributed by atoms with van der Waals surface area (Å²) in [6, 6.07) is 12.8. The molecule has 0 amide bonds.